The molecular formula is C21H27N5O5. The van der Waals surface area contributed by atoms with E-state index in [1.165, 1.54) is 6.92 Å². The molecule has 0 aliphatic carbocycles. The SMILES string of the molecule is C=CCO[C@H]1O[C@H](Cn2cc(-c3ccccn3)nn2)[C@@H]2OC(C)(C)O[C@@H]2[C@H]1NC(C)=O. The van der Waals surface area contributed by atoms with Gasteiger partial charge in [0.1, 0.15) is 30.0 Å². The molecule has 2 fully saturated rings. The third-order valence-corrected chi connectivity index (χ3v) is 5.07. The van der Waals surface area contributed by atoms with Gasteiger partial charge in [0, 0.05) is 13.1 Å². The number of hydrogen-bond donors (Lipinski definition) is 1. The van der Waals surface area contributed by atoms with Crippen LogP contribution in [0.25, 0.3) is 11.4 Å². The van der Waals surface area contributed by atoms with Gasteiger partial charge in [-0.25, -0.2) is 4.68 Å². The van der Waals surface area contributed by atoms with Crippen LogP contribution in [0.1, 0.15) is 20.8 Å². The quantitative estimate of drug-likeness (QED) is 0.656. The molecule has 0 aromatic carbocycles. The summed E-state index contributed by atoms with van der Waals surface area (Å²) in [6.45, 7) is 9.43. The molecule has 2 aromatic heterocycles. The molecule has 1 amide bonds. The summed E-state index contributed by atoms with van der Waals surface area (Å²) >= 11 is 0. The van der Waals surface area contributed by atoms with E-state index in [4.69, 9.17) is 18.9 Å². The average molecular weight is 429 g/mol. The fourth-order valence-electron chi connectivity index (χ4n) is 3.91. The molecule has 2 aliphatic heterocycles. The fraction of sp³-hybridized carbons (Fsp3) is 0.524. The number of ether oxygens (including phenoxy) is 4. The van der Waals surface area contributed by atoms with Gasteiger partial charge in [-0.15, -0.1) is 11.7 Å². The second kappa shape index (κ2) is 8.83. The van der Waals surface area contributed by atoms with E-state index < -0.39 is 36.4 Å². The average Bonchev–Trinajstić information content (AvgIpc) is 3.32. The van der Waals surface area contributed by atoms with Crippen LogP contribution in [-0.2, 0) is 30.3 Å². The van der Waals surface area contributed by atoms with Crippen molar-refractivity contribution in [3.63, 3.8) is 0 Å². The predicted octanol–water partition coefficient (Wildman–Crippen LogP) is 1.29. The van der Waals surface area contributed by atoms with Gasteiger partial charge in [-0.2, -0.15) is 0 Å². The van der Waals surface area contributed by atoms with Gasteiger partial charge >= 0.3 is 0 Å². The Hall–Kier alpha value is -2.66. The zero-order chi connectivity index (χ0) is 22.0. The molecular weight excluding hydrogens is 402 g/mol. The molecule has 10 nitrogen and oxygen atoms in total. The van der Waals surface area contributed by atoms with Crippen molar-refractivity contribution in [3.8, 4) is 11.4 Å². The Bertz CT molecular complexity index is 918. The summed E-state index contributed by atoms with van der Waals surface area (Å²) in [6.07, 6.45) is 3.08. The van der Waals surface area contributed by atoms with Crippen molar-refractivity contribution in [1.82, 2.24) is 25.3 Å². The molecule has 166 valence electrons. The summed E-state index contributed by atoms with van der Waals surface area (Å²) in [5, 5.41) is 11.3. The molecule has 4 rings (SSSR count). The number of aromatic nitrogens is 4. The minimum atomic E-state index is -0.831. The standard InChI is InChI=1S/C21H27N5O5/c1-5-10-28-20-17(23-13(2)27)19-18(30-21(3,4)31-19)16(29-20)12-26-11-15(24-25-26)14-8-6-7-9-22-14/h5-9,11,16-20H,1,10,12H2,2-4H3,(H,23,27)/t16-,17-,18+,19-,20+/m1/s1. The largest absolute Gasteiger partial charge is 0.346 e. The van der Waals surface area contributed by atoms with Crippen LogP contribution in [0.15, 0.2) is 43.2 Å². The van der Waals surface area contributed by atoms with Gasteiger partial charge in [-0.1, -0.05) is 17.4 Å². The highest BCUT2D eigenvalue weighted by atomic mass is 16.8. The number of amides is 1. The normalized spacial score (nSPS) is 29.3. The molecule has 2 aliphatic rings. The van der Waals surface area contributed by atoms with E-state index in [1.807, 2.05) is 32.0 Å². The van der Waals surface area contributed by atoms with Crippen LogP contribution in [0, 0.1) is 0 Å². The highest BCUT2D eigenvalue weighted by molar-refractivity contribution is 5.73. The number of nitrogens with one attached hydrogen (secondary N) is 1. The highest BCUT2D eigenvalue weighted by Gasteiger charge is 2.56. The number of carbonyl (C=O) groups excluding carboxylic acids is 1. The molecule has 31 heavy (non-hydrogen) atoms. The van der Waals surface area contributed by atoms with E-state index >= 15 is 0 Å². The maximum absolute atomic E-state index is 11.8. The maximum Gasteiger partial charge on any atom is 0.217 e. The van der Waals surface area contributed by atoms with E-state index in [1.54, 1.807) is 23.2 Å². The Morgan fingerprint density at radius 1 is 1.32 bits per heavy atom. The van der Waals surface area contributed by atoms with Crippen molar-refractivity contribution in [2.75, 3.05) is 6.61 Å². The topological polar surface area (TPSA) is 110 Å². The molecule has 0 bridgehead atoms. The van der Waals surface area contributed by atoms with Crippen molar-refractivity contribution in [2.24, 2.45) is 0 Å². The Kier molecular flexibility index (Phi) is 6.15. The van der Waals surface area contributed by atoms with Crippen LogP contribution in [0.3, 0.4) is 0 Å². The minimum Gasteiger partial charge on any atom is -0.346 e. The Morgan fingerprint density at radius 2 is 2.13 bits per heavy atom. The first-order valence-electron chi connectivity index (χ1n) is 10.2. The number of nitrogens with zero attached hydrogens (tertiary/aromatic N) is 4. The zero-order valence-electron chi connectivity index (χ0n) is 17.8. The molecule has 0 radical (unpaired) electrons. The van der Waals surface area contributed by atoms with Gasteiger partial charge in [0.2, 0.25) is 5.91 Å². The monoisotopic (exact) mass is 429 g/mol. The summed E-state index contributed by atoms with van der Waals surface area (Å²) in [5.74, 6) is -1.04. The smallest absolute Gasteiger partial charge is 0.217 e. The number of fused-ring (bicyclic) bond motifs is 1. The number of hydrogen-bond acceptors (Lipinski definition) is 8. The molecule has 10 heteroatoms. The molecule has 5 atom stereocenters. The van der Waals surface area contributed by atoms with Crippen molar-refractivity contribution in [1.29, 1.82) is 0 Å². The molecule has 2 saturated heterocycles. The Balaban J connectivity index is 1.57. The molecule has 1 N–H and O–H groups in total. The van der Waals surface area contributed by atoms with E-state index in [0.717, 1.165) is 5.69 Å². The minimum absolute atomic E-state index is 0.206. The van der Waals surface area contributed by atoms with E-state index in [-0.39, 0.29) is 12.5 Å². The van der Waals surface area contributed by atoms with E-state index in [2.05, 4.69) is 27.2 Å². The first-order valence-corrected chi connectivity index (χ1v) is 10.2. The first kappa shape index (κ1) is 21.6. The van der Waals surface area contributed by atoms with Gasteiger partial charge < -0.3 is 24.3 Å². The van der Waals surface area contributed by atoms with Crippen LogP contribution in [0.2, 0.25) is 0 Å². The van der Waals surface area contributed by atoms with E-state index in [0.29, 0.717) is 12.2 Å². The lowest BCUT2D eigenvalue weighted by Gasteiger charge is -2.42. The zero-order valence-corrected chi connectivity index (χ0v) is 17.8. The van der Waals surface area contributed by atoms with Crippen LogP contribution < -0.4 is 5.32 Å². The fourth-order valence-corrected chi connectivity index (χ4v) is 3.91. The lowest BCUT2D eigenvalue weighted by Crippen LogP contribution is -2.63. The molecule has 0 unspecified atom stereocenters. The van der Waals surface area contributed by atoms with E-state index in [9.17, 15) is 4.79 Å². The first-order chi connectivity index (χ1) is 14.9. The van der Waals surface area contributed by atoms with Gasteiger partial charge in [-0.3, -0.25) is 9.78 Å². The summed E-state index contributed by atoms with van der Waals surface area (Å²) in [6, 6.07) is 5.08. The summed E-state index contributed by atoms with van der Waals surface area (Å²) < 4.78 is 26.0. The number of pyridine rings is 1. The molecule has 4 heterocycles. The summed E-state index contributed by atoms with van der Waals surface area (Å²) in [4.78, 5) is 16.1. The van der Waals surface area contributed by atoms with Crippen molar-refractivity contribution in [2.45, 2.75) is 63.7 Å². The van der Waals surface area contributed by atoms with Gasteiger partial charge in [0.15, 0.2) is 12.1 Å². The molecule has 2 aromatic rings. The maximum atomic E-state index is 11.8. The second-order valence-corrected chi connectivity index (χ2v) is 8.00. The summed E-state index contributed by atoms with van der Waals surface area (Å²) in [5.41, 5.74) is 1.39. The predicted molar refractivity (Wildman–Crippen MR) is 109 cm³/mol. The lowest BCUT2D eigenvalue weighted by molar-refractivity contribution is -0.244. The number of rotatable bonds is 7. The lowest BCUT2D eigenvalue weighted by atomic mass is 9.96. The van der Waals surface area contributed by atoms with Crippen molar-refractivity contribution >= 4 is 5.91 Å². The third-order valence-electron chi connectivity index (χ3n) is 5.07. The Morgan fingerprint density at radius 3 is 2.84 bits per heavy atom. The molecule has 0 spiro atoms. The second-order valence-electron chi connectivity index (χ2n) is 8.00. The van der Waals surface area contributed by atoms with Gasteiger partial charge in [-0.05, 0) is 26.0 Å². The van der Waals surface area contributed by atoms with Crippen molar-refractivity contribution in [3.05, 3.63) is 43.2 Å². The Labute approximate surface area is 180 Å². The molecule has 0 saturated carbocycles. The third kappa shape index (κ3) is 4.82. The van der Waals surface area contributed by atoms with Crippen LogP contribution in [0.4, 0.5) is 0 Å². The van der Waals surface area contributed by atoms with Crippen LogP contribution in [-0.4, -0.2) is 68.9 Å². The number of carbonyl (C=O) groups is 1. The van der Waals surface area contributed by atoms with Crippen molar-refractivity contribution < 1.29 is 23.7 Å². The highest BCUT2D eigenvalue weighted by Crippen LogP contribution is 2.38. The van der Waals surface area contributed by atoms with Gasteiger partial charge in [0.05, 0.1) is 25.0 Å². The van der Waals surface area contributed by atoms with Gasteiger partial charge in [0.25, 0.3) is 0 Å². The summed E-state index contributed by atoms with van der Waals surface area (Å²) in [7, 11) is 0. The van der Waals surface area contributed by atoms with Crippen LogP contribution >= 0.6 is 0 Å². The van der Waals surface area contributed by atoms with Crippen LogP contribution in [0.5, 0.6) is 0 Å².